The fourth-order valence-corrected chi connectivity index (χ4v) is 0.953. The normalized spacial score (nSPS) is 11.5. The molecule has 0 saturated carbocycles. The van der Waals surface area contributed by atoms with E-state index in [1.165, 1.54) is 12.4 Å². The monoisotopic (exact) mass is 205 g/mol. The zero-order valence-corrected chi connectivity index (χ0v) is 8.27. The fraction of sp³-hybridized carbons (Fsp3) is 0.300. The van der Waals surface area contributed by atoms with Gasteiger partial charge in [-0.2, -0.15) is 0 Å². The molecule has 0 spiro atoms. The van der Waals surface area contributed by atoms with Gasteiger partial charge in [0.05, 0.1) is 18.4 Å². The Kier molecular flexibility index (Phi) is 3.63. The van der Waals surface area contributed by atoms with Crippen LogP contribution in [-0.2, 0) is 0 Å². The van der Waals surface area contributed by atoms with Crippen molar-refractivity contribution in [1.29, 1.82) is 0 Å². The fourth-order valence-electron chi connectivity index (χ4n) is 0.953. The van der Waals surface area contributed by atoms with Gasteiger partial charge in [-0.05, 0) is 6.42 Å². The molecule has 1 heterocycles. The maximum Gasteiger partial charge on any atom is 0.356 e. The molecule has 0 amide bonds. The smallest absolute Gasteiger partial charge is 0.356 e. The third-order valence-electron chi connectivity index (χ3n) is 1.80. The van der Waals surface area contributed by atoms with Gasteiger partial charge in [-0.1, -0.05) is 12.8 Å². The van der Waals surface area contributed by atoms with Crippen molar-refractivity contribution in [3.05, 3.63) is 18.1 Å². The predicted octanol–water partition coefficient (Wildman–Crippen LogP) is 0.998. The van der Waals surface area contributed by atoms with Gasteiger partial charge in [0.15, 0.2) is 5.69 Å². The number of anilines is 1. The molecule has 0 aliphatic rings. The van der Waals surface area contributed by atoms with Gasteiger partial charge in [-0.15, -0.1) is 6.42 Å². The molecule has 5 heteroatoms. The van der Waals surface area contributed by atoms with Gasteiger partial charge in [-0.3, -0.25) is 0 Å². The first-order valence-electron chi connectivity index (χ1n) is 4.45. The molecular weight excluding hydrogens is 194 g/mol. The molecule has 0 aliphatic carbocycles. The summed E-state index contributed by atoms with van der Waals surface area (Å²) in [5.74, 6) is 1.92. The number of carbonyl (C=O) groups is 1. The van der Waals surface area contributed by atoms with E-state index in [0.29, 0.717) is 5.82 Å². The summed E-state index contributed by atoms with van der Waals surface area (Å²) in [6.07, 6.45) is 8.56. The minimum absolute atomic E-state index is 0.0886. The maximum atomic E-state index is 10.5. The van der Waals surface area contributed by atoms with Crippen molar-refractivity contribution >= 4 is 11.8 Å². The largest absolute Gasteiger partial charge is 0.476 e. The molecule has 0 saturated heterocycles. The van der Waals surface area contributed by atoms with Gasteiger partial charge in [-0.25, -0.2) is 14.8 Å². The van der Waals surface area contributed by atoms with Crippen LogP contribution < -0.4 is 5.32 Å². The molecule has 1 aromatic rings. The van der Waals surface area contributed by atoms with Crippen molar-refractivity contribution in [2.75, 3.05) is 5.32 Å². The van der Waals surface area contributed by atoms with Crippen LogP contribution in [0.25, 0.3) is 0 Å². The highest BCUT2D eigenvalue weighted by atomic mass is 16.4. The topological polar surface area (TPSA) is 75.1 Å². The summed E-state index contributed by atoms with van der Waals surface area (Å²) in [6, 6.07) is -0.116. The first kappa shape index (κ1) is 11.0. The van der Waals surface area contributed by atoms with E-state index < -0.39 is 5.97 Å². The Morgan fingerprint density at radius 2 is 2.40 bits per heavy atom. The summed E-state index contributed by atoms with van der Waals surface area (Å²) in [5.41, 5.74) is -0.0886. The quantitative estimate of drug-likeness (QED) is 0.717. The summed E-state index contributed by atoms with van der Waals surface area (Å²) in [5, 5.41) is 11.5. The molecule has 0 aromatic carbocycles. The Morgan fingerprint density at radius 3 is 2.80 bits per heavy atom. The van der Waals surface area contributed by atoms with Crippen molar-refractivity contribution < 1.29 is 9.90 Å². The second kappa shape index (κ2) is 4.96. The molecule has 0 bridgehead atoms. The van der Waals surface area contributed by atoms with E-state index in [2.05, 4.69) is 21.2 Å². The van der Waals surface area contributed by atoms with Gasteiger partial charge < -0.3 is 10.4 Å². The van der Waals surface area contributed by atoms with Crippen LogP contribution in [0.3, 0.4) is 0 Å². The maximum absolute atomic E-state index is 10.5. The van der Waals surface area contributed by atoms with Gasteiger partial charge >= 0.3 is 5.97 Å². The average Bonchev–Trinajstić information content (AvgIpc) is 2.26. The number of terminal acetylenes is 1. The summed E-state index contributed by atoms with van der Waals surface area (Å²) >= 11 is 0. The molecule has 78 valence electrons. The second-order valence-corrected chi connectivity index (χ2v) is 2.86. The van der Waals surface area contributed by atoms with Gasteiger partial charge in [0, 0.05) is 0 Å². The van der Waals surface area contributed by atoms with Crippen molar-refractivity contribution in [2.24, 2.45) is 0 Å². The van der Waals surface area contributed by atoms with E-state index in [-0.39, 0.29) is 11.7 Å². The summed E-state index contributed by atoms with van der Waals surface area (Å²) in [7, 11) is 0. The number of aromatic nitrogens is 2. The average molecular weight is 205 g/mol. The van der Waals surface area contributed by atoms with Crippen molar-refractivity contribution in [1.82, 2.24) is 9.97 Å². The Bertz CT molecular complexity index is 381. The minimum Gasteiger partial charge on any atom is -0.476 e. The van der Waals surface area contributed by atoms with E-state index in [4.69, 9.17) is 11.5 Å². The number of aromatic carboxylic acids is 1. The lowest BCUT2D eigenvalue weighted by Crippen LogP contribution is -2.17. The van der Waals surface area contributed by atoms with Crippen LogP contribution in [0.2, 0.25) is 0 Å². The third-order valence-corrected chi connectivity index (χ3v) is 1.80. The van der Waals surface area contributed by atoms with Crippen LogP contribution in [0.5, 0.6) is 0 Å². The molecule has 5 nitrogen and oxygen atoms in total. The number of hydrogen-bond donors (Lipinski definition) is 2. The van der Waals surface area contributed by atoms with Crippen molar-refractivity contribution in [2.45, 2.75) is 19.4 Å². The Hall–Kier alpha value is -2.09. The first-order valence-corrected chi connectivity index (χ1v) is 4.45. The first-order chi connectivity index (χ1) is 7.17. The summed E-state index contributed by atoms with van der Waals surface area (Å²) in [4.78, 5) is 18.1. The predicted molar refractivity (Wildman–Crippen MR) is 55.5 cm³/mol. The van der Waals surface area contributed by atoms with E-state index in [0.717, 1.165) is 6.42 Å². The van der Waals surface area contributed by atoms with E-state index in [1.807, 2.05) is 6.92 Å². The third kappa shape index (κ3) is 2.95. The Morgan fingerprint density at radius 1 is 1.67 bits per heavy atom. The van der Waals surface area contributed by atoms with Crippen LogP contribution in [0.1, 0.15) is 23.8 Å². The number of nitrogens with one attached hydrogen (secondary N) is 1. The highest BCUT2D eigenvalue weighted by Crippen LogP contribution is 2.04. The molecule has 1 unspecified atom stereocenters. The molecule has 1 rings (SSSR count). The minimum atomic E-state index is -1.10. The number of carboxylic acids is 1. The zero-order chi connectivity index (χ0) is 11.3. The highest BCUT2D eigenvalue weighted by molar-refractivity contribution is 5.84. The molecular formula is C10H11N3O2. The molecule has 15 heavy (non-hydrogen) atoms. The molecule has 1 aromatic heterocycles. The molecule has 0 fully saturated rings. The van der Waals surface area contributed by atoms with Crippen molar-refractivity contribution in [3.63, 3.8) is 0 Å². The summed E-state index contributed by atoms with van der Waals surface area (Å²) < 4.78 is 0. The highest BCUT2D eigenvalue weighted by Gasteiger charge is 2.06. The molecule has 0 aliphatic heterocycles. The van der Waals surface area contributed by atoms with E-state index in [1.54, 1.807) is 0 Å². The number of rotatable bonds is 4. The number of nitrogens with zero attached hydrogens (tertiary/aromatic N) is 2. The lowest BCUT2D eigenvalue weighted by atomic mass is 10.2. The second-order valence-electron chi connectivity index (χ2n) is 2.86. The lowest BCUT2D eigenvalue weighted by Gasteiger charge is -2.10. The zero-order valence-electron chi connectivity index (χ0n) is 8.27. The van der Waals surface area contributed by atoms with Gasteiger partial charge in [0.25, 0.3) is 0 Å². The number of carboxylic acid groups (broad SMARTS) is 1. The van der Waals surface area contributed by atoms with Crippen LogP contribution in [0, 0.1) is 12.3 Å². The standard InChI is InChI=1S/C10H11N3O2/c1-3-7(4-2)13-9-6-11-8(5-12-9)10(14)15/h1,5-7H,4H2,2H3,(H,12,13)(H,14,15). The van der Waals surface area contributed by atoms with Crippen molar-refractivity contribution in [3.8, 4) is 12.3 Å². The molecule has 2 N–H and O–H groups in total. The summed E-state index contributed by atoms with van der Waals surface area (Å²) in [6.45, 7) is 1.94. The van der Waals surface area contributed by atoms with Gasteiger partial charge in [0.2, 0.25) is 0 Å². The van der Waals surface area contributed by atoms with Gasteiger partial charge in [0.1, 0.15) is 5.82 Å². The molecule has 0 radical (unpaired) electrons. The van der Waals surface area contributed by atoms with Crippen LogP contribution in [0.15, 0.2) is 12.4 Å². The Balaban J connectivity index is 2.73. The van der Waals surface area contributed by atoms with Crippen LogP contribution in [0.4, 0.5) is 5.82 Å². The molecule has 1 atom stereocenters. The van der Waals surface area contributed by atoms with E-state index in [9.17, 15) is 4.79 Å². The van der Waals surface area contributed by atoms with Crippen LogP contribution in [-0.4, -0.2) is 27.1 Å². The van der Waals surface area contributed by atoms with Crippen LogP contribution >= 0.6 is 0 Å². The SMILES string of the molecule is C#CC(CC)Nc1cnc(C(=O)O)cn1. The van der Waals surface area contributed by atoms with E-state index >= 15 is 0 Å². The Labute approximate surface area is 87.6 Å². The lowest BCUT2D eigenvalue weighted by molar-refractivity contribution is 0.0690. The number of hydrogen-bond acceptors (Lipinski definition) is 4.